The van der Waals surface area contributed by atoms with E-state index in [4.69, 9.17) is 24.0 Å². The molecule has 2 rings (SSSR count). The summed E-state index contributed by atoms with van der Waals surface area (Å²) in [6.07, 6.45) is 0. The quantitative estimate of drug-likeness (QED) is 0.522. The van der Waals surface area contributed by atoms with E-state index in [1.165, 1.54) is 0 Å². The topological polar surface area (TPSA) is 87.0 Å². The second-order valence-corrected chi connectivity index (χ2v) is 4.27. The van der Waals surface area contributed by atoms with Gasteiger partial charge in [0.05, 0.1) is 0 Å². The maximum absolute atomic E-state index is 8.88. The molecular weight excluding hydrogens is 294 g/mol. The van der Waals surface area contributed by atoms with Gasteiger partial charge in [-0.2, -0.15) is 0 Å². The summed E-state index contributed by atoms with van der Waals surface area (Å²) < 4.78 is 14.5. The molecule has 0 aromatic heterocycles. The normalized spacial score (nSPS) is 9.63. The number of ether oxygens (including phenoxy) is 1. The second-order valence-electron chi connectivity index (χ2n) is 3.24. The molecule has 5 nitrogen and oxygen atoms in total. The number of phosphoric acid groups is 1. The van der Waals surface area contributed by atoms with Gasteiger partial charge in [0.2, 0.25) is 0 Å². The summed E-state index contributed by atoms with van der Waals surface area (Å²) in [5.41, 5.74) is 0. The van der Waals surface area contributed by atoms with Gasteiger partial charge in [-0.25, -0.2) is 4.57 Å². The van der Waals surface area contributed by atoms with E-state index in [0.29, 0.717) is 0 Å². The van der Waals surface area contributed by atoms with Crippen LogP contribution in [-0.2, 0) is 4.57 Å². The van der Waals surface area contributed by atoms with Crippen molar-refractivity contribution in [1.29, 1.82) is 0 Å². The molecule has 2 aromatic carbocycles. The fraction of sp³-hybridized carbons (Fsp3) is 0. The van der Waals surface area contributed by atoms with Gasteiger partial charge in [-0.05, 0) is 24.3 Å². The molecular formula is C12H14KO5P. The van der Waals surface area contributed by atoms with Gasteiger partial charge in [-0.1, -0.05) is 36.4 Å². The SMILES string of the molecule is O=P(O)(O)O.[H-].[K+].c1ccc(Oc2ccccc2)cc1. The van der Waals surface area contributed by atoms with Crippen LogP contribution in [0.3, 0.4) is 0 Å². The molecule has 0 saturated heterocycles. The van der Waals surface area contributed by atoms with Gasteiger partial charge in [0.15, 0.2) is 0 Å². The Hall–Kier alpha value is -0.0136. The zero-order valence-electron chi connectivity index (χ0n) is 11.4. The van der Waals surface area contributed by atoms with E-state index in [2.05, 4.69) is 0 Å². The Kier molecular flexibility index (Phi) is 9.82. The number of hydrogen-bond donors (Lipinski definition) is 3. The van der Waals surface area contributed by atoms with Crippen LogP contribution in [0.2, 0.25) is 0 Å². The molecule has 0 fully saturated rings. The molecule has 3 N–H and O–H groups in total. The molecule has 0 unspecified atom stereocenters. The van der Waals surface area contributed by atoms with Crippen LogP contribution in [0.5, 0.6) is 11.5 Å². The summed E-state index contributed by atoms with van der Waals surface area (Å²) >= 11 is 0. The predicted octanol–water partition coefficient (Wildman–Crippen LogP) is -0.333. The van der Waals surface area contributed by atoms with Crippen LogP contribution < -0.4 is 56.1 Å². The molecule has 0 spiro atoms. The van der Waals surface area contributed by atoms with E-state index in [1.54, 1.807) is 0 Å². The Balaban J connectivity index is 0. The molecule has 19 heavy (non-hydrogen) atoms. The van der Waals surface area contributed by atoms with Crippen LogP contribution in [0, 0.1) is 0 Å². The summed E-state index contributed by atoms with van der Waals surface area (Å²) in [5.74, 6) is 1.74. The molecule has 0 amide bonds. The third kappa shape index (κ3) is 11.5. The Morgan fingerprint density at radius 2 is 1.05 bits per heavy atom. The predicted molar refractivity (Wildman–Crippen MR) is 68.3 cm³/mol. The van der Waals surface area contributed by atoms with E-state index in [9.17, 15) is 0 Å². The molecule has 0 aliphatic carbocycles. The van der Waals surface area contributed by atoms with E-state index < -0.39 is 7.82 Å². The third-order valence-electron chi connectivity index (χ3n) is 1.72. The van der Waals surface area contributed by atoms with E-state index in [-0.39, 0.29) is 52.8 Å². The van der Waals surface area contributed by atoms with Gasteiger partial charge in [0.25, 0.3) is 0 Å². The van der Waals surface area contributed by atoms with Gasteiger partial charge in [-0.3, -0.25) is 0 Å². The van der Waals surface area contributed by atoms with Gasteiger partial charge in [-0.15, -0.1) is 0 Å². The van der Waals surface area contributed by atoms with Gasteiger partial charge in [0, 0.05) is 0 Å². The first-order valence-electron chi connectivity index (χ1n) is 5.01. The van der Waals surface area contributed by atoms with Gasteiger partial charge < -0.3 is 20.8 Å². The van der Waals surface area contributed by atoms with E-state index in [1.807, 2.05) is 60.7 Å². The standard InChI is InChI=1S/C12H10O.K.H3O4P.H/c1-3-7-11(8-4-1)13-12-9-5-2-6-10-12;;1-5(2,3)4;/h1-10H;;(H3,1,2,3,4);/q;+1;;-1. The van der Waals surface area contributed by atoms with Crippen molar-refractivity contribution in [2.24, 2.45) is 0 Å². The summed E-state index contributed by atoms with van der Waals surface area (Å²) in [5, 5.41) is 0. The van der Waals surface area contributed by atoms with Crippen molar-refractivity contribution >= 4 is 7.82 Å². The van der Waals surface area contributed by atoms with E-state index in [0.717, 1.165) is 11.5 Å². The number of hydrogen-bond acceptors (Lipinski definition) is 2. The molecule has 0 atom stereocenters. The monoisotopic (exact) mass is 308 g/mol. The van der Waals surface area contributed by atoms with Crippen molar-refractivity contribution in [2.45, 2.75) is 0 Å². The zero-order valence-corrected chi connectivity index (χ0v) is 14.4. The molecule has 7 heteroatoms. The Bertz CT molecular complexity index is 460. The first-order valence-corrected chi connectivity index (χ1v) is 6.58. The van der Waals surface area contributed by atoms with Crippen molar-refractivity contribution in [2.75, 3.05) is 0 Å². The minimum atomic E-state index is -4.64. The third-order valence-corrected chi connectivity index (χ3v) is 1.72. The van der Waals surface area contributed by atoms with Crippen LogP contribution in [0.25, 0.3) is 0 Å². The summed E-state index contributed by atoms with van der Waals surface area (Å²) in [6, 6.07) is 19.5. The first-order chi connectivity index (χ1) is 8.45. The largest absolute Gasteiger partial charge is 1.00 e. The van der Waals surface area contributed by atoms with Crippen LogP contribution in [0.4, 0.5) is 0 Å². The van der Waals surface area contributed by atoms with Crippen LogP contribution in [0.1, 0.15) is 1.43 Å². The Morgan fingerprint density at radius 1 is 0.789 bits per heavy atom. The Labute approximate surface area is 155 Å². The molecule has 0 aliphatic heterocycles. The van der Waals surface area contributed by atoms with Crippen molar-refractivity contribution in [3.63, 3.8) is 0 Å². The molecule has 2 aromatic rings. The minimum Gasteiger partial charge on any atom is -1.00 e. The van der Waals surface area contributed by atoms with Crippen molar-refractivity contribution in [3.8, 4) is 11.5 Å². The summed E-state index contributed by atoms with van der Waals surface area (Å²) in [7, 11) is -4.64. The van der Waals surface area contributed by atoms with Crippen LogP contribution in [-0.4, -0.2) is 14.7 Å². The number of para-hydroxylation sites is 2. The van der Waals surface area contributed by atoms with Gasteiger partial charge >= 0.3 is 59.2 Å². The minimum absolute atomic E-state index is 0. The van der Waals surface area contributed by atoms with Crippen molar-refractivity contribution in [3.05, 3.63) is 60.7 Å². The fourth-order valence-corrected chi connectivity index (χ4v) is 1.11. The molecule has 0 saturated carbocycles. The second kappa shape index (κ2) is 9.82. The summed E-state index contributed by atoms with van der Waals surface area (Å²) in [6.45, 7) is 0. The average molecular weight is 308 g/mol. The van der Waals surface area contributed by atoms with Gasteiger partial charge in [0.1, 0.15) is 11.5 Å². The fourth-order valence-electron chi connectivity index (χ4n) is 1.11. The average Bonchev–Trinajstić information content (AvgIpc) is 2.29. The maximum atomic E-state index is 8.88. The first kappa shape index (κ1) is 19.0. The Morgan fingerprint density at radius 3 is 1.32 bits per heavy atom. The number of benzene rings is 2. The number of rotatable bonds is 2. The molecule has 0 aliphatic rings. The zero-order chi connectivity index (χ0) is 13.4. The molecule has 0 bridgehead atoms. The summed E-state index contributed by atoms with van der Waals surface area (Å²) in [4.78, 5) is 21.6. The molecule has 0 radical (unpaired) electrons. The smallest absolute Gasteiger partial charge is 1.00 e. The van der Waals surface area contributed by atoms with E-state index >= 15 is 0 Å². The van der Waals surface area contributed by atoms with Crippen molar-refractivity contribution in [1.82, 2.24) is 0 Å². The van der Waals surface area contributed by atoms with Crippen LogP contribution in [0.15, 0.2) is 60.7 Å². The van der Waals surface area contributed by atoms with Crippen LogP contribution >= 0.6 is 7.82 Å². The maximum Gasteiger partial charge on any atom is 1.00 e. The molecule has 98 valence electrons. The van der Waals surface area contributed by atoms with Crippen molar-refractivity contribution < 1.29 is 76.8 Å². The molecule has 0 heterocycles.